The number of carbonyl (C=O) groups excluding carboxylic acids is 1. The number of hydrogen-bond acceptors (Lipinski definition) is 1. The summed E-state index contributed by atoms with van der Waals surface area (Å²) < 4.78 is 0. The van der Waals surface area contributed by atoms with Crippen LogP contribution in [0.3, 0.4) is 0 Å². The van der Waals surface area contributed by atoms with Crippen LogP contribution in [0.5, 0.6) is 0 Å². The fourth-order valence-electron chi connectivity index (χ4n) is 1.81. The molecule has 0 aromatic heterocycles. The maximum atomic E-state index is 11.6. The minimum atomic E-state index is -0.0226. The Morgan fingerprint density at radius 1 is 1.20 bits per heavy atom. The van der Waals surface area contributed by atoms with Gasteiger partial charge in [-0.05, 0) is 35.0 Å². The van der Waals surface area contributed by atoms with Crippen molar-refractivity contribution in [3.8, 4) is 0 Å². The SMILES string of the molecule is CC(C)CCNC(=O)C=Cc1ccc(C(C)(C)C)cc1. The van der Waals surface area contributed by atoms with Gasteiger partial charge in [0.2, 0.25) is 5.91 Å². The van der Waals surface area contributed by atoms with E-state index in [2.05, 4.69) is 64.2 Å². The predicted octanol–water partition coefficient (Wildman–Crippen LogP) is 4.16. The molecule has 2 nitrogen and oxygen atoms in total. The van der Waals surface area contributed by atoms with E-state index in [1.54, 1.807) is 6.08 Å². The molecule has 1 aromatic carbocycles. The molecule has 1 N–H and O–H groups in total. The first-order chi connectivity index (χ1) is 9.29. The molecule has 0 radical (unpaired) electrons. The Labute approximate surface area is 123 Å². The van der Waals surface area contributed by atoms with Crippen molar-refractivity contribution >= 4 is 12.0 Å². The standard InChI is InChI=1S/C18H27NO/c1-14(2)12-13-19-17(20)11-8-15-6-9-16(10-7-15)18(3,4)5/h6-11,14H,12-13H2,1-5H3,(H,19,20). The summed E-state index contributed by atoms with van der Waals surface area (Å²) in [4.78, 5) is 11.6. The van der Waals surface area contributed by atoms with Crippen molar-refractivity contribution in [3.05, 3.63) is 41.5 Å². The summed E-state index contributed by atoms with van der Waals surface area (Å²) >= 11 is 0. The molecule has 1 rings (SSSR count). The van der Waals surface area contributed by atoms with E-state index in [0.717, 1.165) is 18.5 Å². The largest absolute Gasteiger partial charge is 0.353 e. The Morgan fingerprint density at radius 3 is 2.30 bits per heavy atom. The quantitative estimate of drug-likeness (QED) is 0.802. The summed E-state index contributed by atoms with van der Waals surface area (Å²) in [5, 5.41) is 2.89. The highest BCUT2D eigenvalue weighted by Gasteiger charge is 2.12. The molecule has 0 aliphatic heterocycles. The first-order valence-electron chi connectivity index (χ1n) is 7.35. The van der Waals surface area contributed by atoms with Crippen molar-refractivity contribution in [3.63, 3.8) is 0 Å². The van der Waals surface area contributed by atoms with Crippen LogP contribution < -0.4 is 5.32 Å². The van der Waals surface area contributed by atoms with E-state index in [-0.39, 0.29) is 11.3 Å². The molecule has 0 aliphatic carbocycles. The van der Waals surface area contributed by atoms with Crippen LogP contribution in [0.1, 0.15) is 52.2 Å². The summed E-state index contributed by atoms with van der Waals surface area (Å²) in [7, 11) is 0. The van der Waals surface area contributed by atoms with E-state index in [9.17, 15) is 4.79 Å². The molecule has 0 spiro atoms. The van der Waals surface area contributed by atoms with Crippen molar-refractivity contribution in [1.82, 2.24) is 5.32 Å². The zero-order chi connectivity index (χ0) is 15.2. The van der Waals surface area contributed by atoms with Crippen LogP contribution in [-0.4, -0.2) is 12.5 Å². The number of amides is 1. The number of rotatable bonds is 5. The minimum absolute atomic E-state index is 0.0226. The van der Waals surface area contributed by atoms with E-state index in [0.29, 0.717) is 5.92 Å². The number of carbonyl (C=O) groups is 1. The molecule has 0 saturated heterocycles. The molecule has 110 valence electrons. The molecular weight excluding hydrogens is 246 g/mol. The lowest BCUT2D eigenvalue weighted by atomic mass is 9.87. The summed E-state index contributed by atoms with van der Waals surface area (Å²) in [5.74, 6) is 0.592. The van der Waals surface area contributed by atoms with Gasteiger partial charge in [0.1, 0.15) is 0 Å². The second-order valence-corrected chi connectivity index (χ2v) is 6.68. The third-order valence-corrected chi connectivity index (χ3v) is 3.22. The van der Waals surface area contributed by atoms with Gasteiger partial charge in [0.25, 0.3) is 0 Å². The van der Waals surface area contributed by atoms with Gasteiger partial charge in [0, 0.05) is 12.6 Å². The van der Waals surface area contributed by atoms with Crippen LogP contribution in [0.15, 0.2) is 30.3 Å². The number of nitrogens with one attached hydrogen (secondary N) is 1. The van der Waals surface area contributed by atoms with Crippen LogP contribution in [0, 0.1) is 5.92 Å². The molecule has 0 bridgehead atoms. The Balaban J connectivity index is 2.52. The van der Waals surface area contributed by atoms with E-state index in [1.165, 1.54) is 5.56 Å². The molecule has 0 aliphatic rings. The molecule has 0 fully saturated rings. The summed E-state index contributed by atoms with van der Waals surface area (Å²) in [6.45, 7) is 11.6. The molecular formula is C18H27NO. The maximum Gasteiger partial charge on any atom is 0.243 e. The van der Waals surface area contributed by atoms with Crippen molar-refractivity contribution in [2.45, 2.75) is 46.5 Å². The van der Waals surface area contributed by atoms with Gasteiger partial charge in [-0.2, -0.15) is 0 Å². The third-order valence-electron chi connectivity index (χ3n) is 3.22. The van der Waals surface area contributed by atoms with Crippen LogP contribution in [0.2, 0.25) is 0 Å². The second-order valence-electron chi connectivity index (χ2n) is 6.68. The fraction of sp³-hybridized carbons (Fsp3) is 0.500. The summed E-state index contributed by atoms with van der Waals surface area (Å²) in [5.41, 5.74) is 2.52. The molecule has 1 aromatic rings. The van der Waals surface area contributed by atoms with Crippen LogP contribution in [0.4, 0.5) is 0 Å². The highest BCUT2D eigenvalue weighted by molar-refractivity contribution is 5.91. The van der Waals surface area contributed by atoms with Crippen molar-refractivity contribution < 1.29 is 4.79 Å². The molecule has 0 unspecified atom stereocenters. The molecule has 20 heavy (non-hydrogen) atoms. The van der Waals surface area contributed by atoms with Crippen molar-refractivity contribution in [2.24, 2.45) is 5.92 Å². The zero-order valence-electron chi connectivity index (χ0n) is 13.4. The Morgan fingerprint density at radius 2 is 1.80 bits per heavy atom. The highest BCUT2D eigenvalue weighted by atomic mass is 16.1. The average molecular weight is 273 g/mol. The van der Waals surface area contributed by atoms with Gasteiger partial charge < -0.3 is 5.32 Å². The van der Waals surface area contributed by atoms with E-state index >= 15 is 0 Å². The van der Waals surface area contributed by atoms with Gasteiger partial charge in [-0.15, -0.1) is 0 Å². The molecule has 2 heteroatoms. The first-order valence-corrected chi connectivity index (χ1v) is 7.35. The van der Waals surface area contributed by atoms with Crippen LogP contribution >= 0.6 is 0 Å². The highest BCUT2D eigenvalue weighted by Crippen LogP contribution is 2.22. The Kier molecular flexibility index (Phi) is 6.00. The lowest BCUT2D eigenvalue weighted by molar-refractivity contribution is -0.116. The van der Waals surface area contributed by atoms with Gasteiger partial charge in [0.05, 0.1) is 0 Å². The van der Waals surface area contributed by atoms with E-state index < -0.39 is 0 Å². The molecule has 0 saturated carbocycles. The molecule has 0 atom stereocenters. The Bertz CT molecular complexity index is 449. The van der Waals surface area contributed by atoms with Crippen molar-refractivity contribution in [2.75, 3.05) is 6.54 Å². The zero-order valence-corrected chi connectivity index (χ0v) is 13.4. The first kappa shape index (κ1) is 16.5. The molecule has 1 amide bonds. The smallest absolute Gasteiger partial charge is 0.243 e. The monoisotopic (exact) mass is 273 g/mol. The normalized spacial score (nSPS) is 12.1. The fourth-order valence-corrected chi connectivity index (χ4v) is 1.81. The summed E-state index contributed by atoms with van der Waals surface area (Å²) in [6.07, 6.45) is 4.48. The van der Waals surface area contributed by atoms with Gasteiger partial charge in [-0.1, -0.05) is 58.9 Å². The topological polar surface area (TPSA) is 29.1 Å². The lowest BCUT2D eigenvalue weighted by Crippen LogP contribution is -2.23. The summed E-state index contributed by atoms with van der Waals surface area (Å²) in [6, 6.07) is 8.35. The van der Waals surface area contributed by atoms with Crippen molar-refractivity contribution in [1.29, 1.82) is 0 Å². The average Bonchev–Trinajstić information content (AvgIpc) is 2.35. The number of hydrogen-bond donors (Lipinski definition) is 1. The maximum absolute atomic E-state index is 11.6. The van der Waals surface area contributed by atoms with E-state index in [4.69, 9.17) is 0 Å². The lowest BCUT2D eigenvalue weighted by Gasteiger charge is -2.18. The molecule has 0 heterocycles. The third kappa shape index (κ3) is 6.05. The minimum Gasteiger partial charge on any atom is -0.353 e. The van der Waals surface area contributed by atoms with E-state index in [1.807, 2.05) is 6.08 Å². The second kappa shape index (κ2) is 7.28. The van der Waals surface area contributed by atoms with Gasteiger partial charge >= 0.3 is 0 Å². The van der Waals surface area contributed by atoms with Crippen LogP contribution in [-0.2, 0) is 10.2 Å². The number of benzene rings is 1. The van der Waals surface area contributed by atoms with Crippen LogP contribution in [0.25, 0.3) is 6.08 Å². The van der Waals surface area contributed by atoms with Gasteiger partial charge in [-0.25, -0.2) is 0 Å². The predicted molar refractivity (Wildman–Crippen MR) is 86.6 cm³/mol. The van der Waals surface area contributed by atoms with Gasteiger partial charge in [-0.3, -0.25) is 4.79 Å². The van der Waals surface area contributed by atoms with Gasteiger partial charge in [0.15, 0.2) is 0 Å². The Hall–Kier alpha value is -1.57.